The minimum Gasteiger partial charge on any atom is -0.508 e. The maximum absolute atomic E-state index is 13.0. The van der Waals surface area contributed by atoms with Crippen molar-refractivity contribution < 1.29 is 9.90 Å². The molecule has 1 saturated heterocycles. The lowest BCUT2D eigenvalue weighted by Crippen LogP contribution is -2.45. The fourth-order valence-electron chi connectivity index (χ4n) is 3.88. The van der Waals surface area contributed by atoms with Gasteiger partial charge in [0.1, 0.15) is 11.5 Å². The Balaban J connectivity index is 0.00000272. The van der Waals surface area contributed by atoms with Gasteiger partial charge in [-0.2, -0.15) is 5.10 Å². The standard InChI is InChI=1S/C22H24Cl2N4O2.ClH/c23-16-7-10-20(18(24)13-16)28-21(15-5-8-17(29)9-6-15)14-19(25-28)22(30)26-27-11-3-1-2-4-12-27;/h5-10,13,21,29H,1-4,11-12,14H2,(H,26,30);1H. The summed E-state index contributed by atoms with van der Waals surface area (Å²) in [5, 5.41) is 19.0. The van der Waals surface area contributed by atoms with E-state index in [1.54, 1.807) is 35.3 Å². The second-order valence-corrected chi connectivity index (χ2v) is 8.48. The summed E-state index contributed by atoms with van der Waals surface area (Å²) in [6.07, 6.45) is 4.98. The van der Waals surface area contributed by atoms with E-state index in [1.807, 2.05) is 17.1 Å². The van der Waals surface area contributed by atoms with Gasteiger partial charge in [-0.3, -0.25) is 15.2 Å². The first-order valence-corrected chi connectivity index (χ1v) is 10.9. The number of phenolic OH excluding ortho intramolecular Hbond substituents is 1. The zero-order valence-corrected chi connectivity index (χ0v) is 19.3. The van der Waals surface area contributed by atoms with Gasteiger partial charge in [0.25, 0.3) is 5.91 Å². The van der Waals surface area contributed by atoms with E-state index in [4.69, 9.17) is 23.2 Å². The van der Waals surface area contributed by atoms with Crippen molar-refractivity contribution in [2.24, 2.45) is 5.10 Å². The molecule has 2 heterocycles. The van der Waals surface area contributed by atoms with Crippen LogP contribution in [0.4, 0.5) is 5.69 Å². The predicted molar refractivity (Wildman–Crippen MR) is 127 cm³/mol. The molecule has 0 aromatic heterocycles. The molecule has 166 valence electrons. The van der Waals surface area contributed by atoms with Crippen LogP contribution in [0.15, 0.2) is 47.6 Å². The Morgan fingerprint density at radius 2 is 1.71 bits per heavy atom. The molecule has 9 heteroatoms. The van der Waals surface area contributed by atoms with E-state index in [1.165, 1.54) is 12.8 Å². The lowest BCUT2D eigenvalue weighted by molar-refractivity contribution is -0.119. The van der Waals surface area contributed by atoms with Gasteiger partial charge in [-0.25, -0.2) is 5.01 Å². The average Bonchev–Trinajstić information content (AvgIpc) is 3.00. The van der Waals surface area contributed by atoms with E-state index >= 15 is 0 Å². The third kappa shape index (κ3) is 5.63. The Bertz CT molecular complexity index is 944. The fourth-order valence-corrected chi connectivity index (χ4v) is 4.38. The van der Waals surface area contributed by atoms with Gasteiger partial charge >= 0.3 is 0 Å². The number of hydrazone groups is 1. The van der Waals surface area contributed by atoms with E-state index in [0.29, 0.717) is 27.9 Å². The average molecular weight is 484 g/mol. The summed E-state index contributed by atoms with van der Waals surface area (Å²) in [5.41, 5.74) is 5.08. The monoisotopic (exact) mass is 482 g/mol. The highest BCUT2D eigenvalue weighted by Gasteiger charge is 2.34. The molecule has 2 aliphatic rings. The van der Waals surface area contributed by atoms with Gasteiger partial charge in [0.2, 0.25) is 0 Å². The van der Waals surface area contributed by atoms with Crippen molar-refractivity contribution in [3.8, 4) is 5.75 Å². The van der Waals surface area contributed by atoms with Crippen molar-refractivity contribution >= 4 is 52.9 Å². The number of carbonyl (C=O) groups excluding carboxylic acids is 1. The van der Waals surface area contributed by atoms with Gasteiger partial charge < -0.3 is 5.11 Å². The molecule has 0 bridgehead atoms. The van der Waals surface area contributed by atoms with Crippen LogP contribution in [0.3, 0.4) is 0 Å². The van der Waals surface area contributed by atoms with Gasteiger partial charge in [-0.05, 0) is 48.7 Å². The van der Waals surface area contributed by atoms with Gasteiger partial charge in [0, 0.05) is 24.5 Å². The minimum atomic E-state index is -0.214. The van der Waals surface area contributed by atoms with Crippen LogP contribution in [0, 0.1) is 0 Å². The Hall–Kier alpha value is -1.99. The molecule has 1 unspecified atom stereocenters. The molecule has 2 aromatic carbocycles. The summed E-state index contributed by atoms with van der Waals surface area (Å²) in [6.45, 7) is 1.71. The summed E-state index contributed by atoms with van der Waals surface area (Å²) in [7, 11) is 0. The Labute approximate surface area is 198 Å². The lowest BCUT2D eigenvalue weighted by atomic mass is 10.0. The molecule has 0 saturated carbocycles. The number of aromatic hydroxyl groups is 1. The number of amides is 1. The number of carbonyl (C=O) groups is 1. The van der Waals surface area contributed by atoms with E-state index in [-0.39, 0.29) is 30.1 Å². The van der Waals surface area contributed by atoms with Crippen LogP contribution < -0.4 is 10.4 Å². The van der Waals surface area contributed by atoms with Crippen LogP contribution in [0.2, 0.25) is 10.0 Å². The minimum absolute atomic E-state index is 0. The summed E-state index contributed by atoms with van der Waals surface area (Å²) in [4.78, 5) is 13.0. The highest BCUT2D eigenvalue weighted by atomic mass is 35.5. The van der Waals surface area contributed by atoms with Crippen LogP contribution in [0.25, 0.3) is 0 Å². The van der Waals surface area contributed by atoms with E-state index in [9.17, 15) is 9.90 Å². The van der Waals surface area contributed by atoms with Crippen LogP contribution in [0.1, 0.15) is 43.7 Å². The number of benzene rings is 2. The smallest absolute Gasteiger partial charge is 0.281 e. The van der Waals surface area contributed by atoms with E-state index < -0.39 is 0 Å². The number of nitrogens with zero attached hydrogens (tertiary/aromatic N) is 3. The summed E-state index contributed by atoms with van der Waals surface area (Å²) < 4.78 is 0. The van der Waals surface area contributed by atoms with Crippen molar-refractivity contribution in [3.05, 3.63) is 58.1 Å². The zero-order valence-electron chi connectivity index (χ0n) is 16.9. The van der Waals surface area contributed by atoms with E-state index in [2.05, 4.69) is 10.5 Å². The normalized spacial score (nSPS) is 19.4. The van der Waals surface area contributed by atoms with Gasteiger partial charge in [0.15, 0.2) is 0 Å². The number of nitrogens with one attached hydrogen (secondary N) is 1. The fraction of sp³-hybridized carbons (Fsp3) is 0.364. The van der Waals surface area contributed by atoms with Gasteiger partial charge in [0.05, 0.1) is 16.8 Å². The number of hydrogen-bond donors (Lipinski definition) is 2. The molecule has 4 rings (SSSR count). The second-order valence-electron chi connectivity index (χ2n) is 7.64. The number of hydrogen-bond acceptors (Lipinski definition) is 5. The molecule has 2 aliphatic heterocycles. The number of phenols is 1. The number of halogens is 3. The van der Waals surface area contributed by atoms with Crippen molar-refractivity contribution in [2.75, 3.05) is 18.1 Å². The van der Waals surface area contributed by atoms with Crippen LogP contribution in [-0.4, -0.2) is 34.8 Å². The predicted octanol–water partition coefficient (Wildman–Crippen LogP) is 5.34. The summed E-state index contributed by atoms with van der Waals surface area (Å²) >= 11 is 12.5. The number of anilines is 1. The van der Waals surface area contributed by atoms with Crippen molar-refractivity contribution in [1.29, 1.82) is 0 Å². The number of hydrazine groups is 1. The maximum atomic E-state index is 13.0. The molecule has 31 heavy (non-hydrogen) atoms. The quantitative estimate of drug-likeness (QED) is 0.616. The largest absolute Gasteiger partial charge is 0.508 e. The van der Waals surface area contributed by atoms with Gasteiger partial charge in [-0.1, -0.05) is 48.2 Å². The summed E-state index contributed by atoms with van der Waals surface area (Å²) in [6, 6.07) is 11.9. The van der Waals surface area contributed by atoms with Crippen LogP contribution in [-0.2, 0) is 4.79 Å². The molecule has 1 fully saturated rings. The first-order chi connectivity index (χ1) is 14.5. The van der Waals surface area contributed by atoms with Crippen molar-refractivity contribution in [3.63, 3.8) is 0 Å². The Morgan fingerprint density at radius 1 is 1.03 bits per heavy atom. The third-order valence-corrected chi connectivity index (χ3v) is 6.01. The first kappa shape index (κ1) is 23.7. The Morgan fingerprint density at radius 3 is 2.35 bits per heavy atom. The Kier molecular flexibility index (Phi) is 8.06. The molecule has 2 aromatic rings. The molecule has 0 aliphatic carbocycles. The molecule has 0 radical (unpaired) electrons. The maximum Gasteiger partial charge on any atom is 0.281 e. The molecule has 0 spiro atoms. The van der Waals surface area contributed by atoms with Crippen molar-refractivity contribution in [1.82, 2.24) is 10.4 Å². The van der Waals surface area contributed by atoms with E-state index in [0.717, 1.165) is 31.5 Å². The van der Waals surface area contributed by atoms with Crippen LogP contribution >= 0.6 is 35.6 Å². The molecular formula is C22H25Cl3N4O2. The molecule has 1 amide bonds. The number of rotatable bonds is 4. The molecular weight excluding hydrogens is 459 g/mol. The van der Waals surface area contributed by atoms with Crippen molar-refractivity contribution in [2.45, 2.75) is 38.1 Å². The molecule has 2 N–H and O–H groups in total. The topological polar surface area (TPSA) is 68.2 Å². The van der Waals surface area contributed by atoms with Gasteiger partial charge in [-0.15, -0.1) is 12.4 Å². The third-order valence-electron chi connectivity index (χ3n) is 5.47. The van der Waals surface area contributed by atoms with Crippen LogP contribution in [0.5, 0.6) is 5.75 Å². The second kappa shape index (κ2) is 10.6. The zero-order chi connectivity index (χ0) is 21.1. The molecule has 6 nitrogen and oxygen atoms in total. The highest BCUT2D eigenvalue weighted by molar-refractivity contribution is 6.40. The first-order valence-electron chi connectivity index (χ1n) is 10.2. The SMILES string of the molecule is Cl.O=C(NN1CCCCCC1)C1=NN(c2ccc(Cl)cc2Cl)C(c2ccc(O)cc2)C1. The highest BCUT2D eigenvalue weighted by Crippen LogP contribution is 2.39. The molecule has 1 atom stereocenters. The lowest BCUT2D eigenvalue weighted by Gasteiger charge is -2.25. The summed E-state index contributed by atoms with van der Waals surface area (Å²) in [5.74, 6) is 0.00105.